The van der Waals surface area contributed by atoms with Crippen LogP contribution in [0.2, 0.25) is 0 Å². The van der Waals surface area contributed by atoms with Crippen molar-refractivity contribution in [3.05, 3.63) is 59.2 Å². The van der Waals surface area contributed by atoms with E-state index in [2.05, 4.69) is 40.2 Å². The average Bonchev–Trinajstić information content (AvgIpc) is 2.61. The highest BCUT2D eigenvalue weighted by molar-refractivity contribution is 6.04. The summed E-state index contributed by atoms with van der Waals surface area (Å²) < 4.78 is 0. The first-order valence-corrected chi connectivity index (χ1v) is 9.02. The molecule has 1 aliphatic heterocycles. The number of carbonyl (C=O) groups is 1. The van der Waals surface area contributed by atoms with Crippen LogP contribution in [0.4, 0.5) is 11.4 Å². The maximum absolute atomic E-state index is 12.4. The molecule has 4 heteroatoms. The van der Waals surface area contributed by atoms with Gasteiger partial charge in [-0.1, -0.05) is 24.1 Å². The average molecular weight is 337 g/mol. The fourth-order valence-electron chi connectivity index (χ4n) is 3.39. The third kappa shape index (κ3) is 4.40. The quantitative estimate of drug-likeness (QED) is 0.924. The summed E-state index contributed by atoms with van der Waals surface area (Å²) in [6, 6.07) is 14.1. The van der Waals surface area contributed by atoms with E-state index in [4.69, 9.17) is 0 Å². The predicted molar refractivity (Wildman–Crippen MR) is 105 cm³/mol. The van der Waals surface area contributed by atoms with Crippen LogP contribution in [0, 0.1) is 13.8 Å². The van der Waals surface area contributed by atoms with Crippen molar-refractivity contribution < 1.29 is 4.79 Å². The fourth-order valence-corrected chi connectivity index (χ4v) is 3.39. The molecule has 0 saturated carbocycles. The second-order valence-electron chi connectivity index (χ2n) is 6.80. The number of amides is 1. The molecule has 0 aliphatic carbocycles. The van der Waals surface area contributed by atoms with Crippen molar-refractivity contribution in [2.45, 2.75) is 20.8 Å². The molecule has 1 heterocycles. The van der Waals surface area contributed by atoms with Gasteiger partial charge in [-0.15, -0.1) is 0 Å². The van der Waals surface area contributed by atoms with E-state index in [9.17, 15) is 4.79 Å². The Morgan fingerprint density at radius 3 is 2.12 bits per heavy atom. The lowest BCUT2D eigenvalue weighted by Gasteiger charge is -2.35. The van der Waals surface area contributed by atoms with Crippen LogP contribution in [0.5, 0.6) is 0 Å². The number of benzene rings is 2. The number of rotatable bonds is 4. The Morgan fingerprint density at radius 1 is 0.960 bits per heavy atom. The summed E-state index contributed by atoms with van der Waals surface area (Å²) in [5.41, 5.74) is 4.97. The summed E-state index contributed by atoms with van der Waals surface area (Å²) in [6.45, 7) is 11.7. The molecular weight excluding hydrogens is 310 g/mol. The van der Waals surface area contributed by atoms with E-state index < -0.39 is 0 Å². The summed E-state index contributed by atoms with van der Waals surface area (Å²) in [7, 11) is 0. The van der Waals surface area contributed by atoms with Crippen LogP contribution in [-0.4, -0.2) is 43.5 Å². The molecule has 3 rings (SSSR count). The highest BCUT2D eigenvalue weighted by atomic mass is 16.1. The fraction of sp³-hybridized carbons (Fsp3) is 0.381. The normalized spacial score (nSPS) is 15.2. The maximum Gasteiger partial charge on any atom is 0.255 e. The second-order valence-corrected chi connectivity index (χ2v) is 6.80. The van der Waals surface area contributed by atoms with Crippen molar-refractivity contribution in [3.8, 4) is 0 Å². The van der Waals surface area contributed by atoms with Gasteiger partial charge >= 0.3 is 0 Å². The molecule has 0 radical (unpaired) electrons. The second kappa shape index (κ2) is 7.70. The van der Waals surface area contributed by atoms with Crippen LogP contribution in [-0.2, 0) is 0 Å². The smallest absolute Gasteiger partial charge is 0.255 e. The van der Waals surface area contributed by atoms with E-state index in [1.807, 2.05) is 38.1 Å². The van der Waals surface area contributed by atoms with Crippen LogP contribution in [0.25, 0.3) is 0 Å². The van der Waals surface area contributed by atoms with E-state index in [1.165, 1.54) is 5.69 Å². The summed E-state index contributed by atoms with van der Waals surface area (Å²) in [4.78, 5) is 17.3. The van der Waals surface area contributed by atoms with Crippen LogP contribution >= 0.6 is 0 Å². The first kappa shape index (κ1) is 17.5. The zero-order valence-corrected chi connectivity index (χ0v) is 15.4. The Labute approximate surface area is 150 Å². The minimum Gasteiger partial charge on any atom is -0.369 e. The molecule has 0 spiro atoms. The summed E-state index contributed by atoms with van der Waals surface area (Å²) >= 11 is 0. The number of piperazine rings is 1. The summed E-state index contributed by atoms with van der Waals surface area (Å²) in [6.07, 6.45) is 0. The number of hydrogen-bond acceptors (Lipinski definition) is 3. The molecule has 0 unspecified atom stereocenters. The Morgan fingerprint density at radius 2 is 1.56 bits per heavy atom. The minimum absolute atomic E-state index is 0.0592. The number of nitrogens with one attached hydrogen (secondary N) is 1. The zero-order chi connectivity index (χ0) is 17.8. The van der Waals surface area contributed by atoms with Gasteiger partial charge in [-0.2, -0.15) is 0 Å². The van der Waals surface area contributed by atoms with Crippen molar-refractivity contribution in [2.24, 2.45) is 0 Å². The lowest BCUT2D eigenvalue weighted by molar-refractivity contribution is 0.102. The van der Waals surface area contributed by atoms with Gasteiger partial charge in [0.2, 0.25) is 0 Å². The first-order valence-electron chi connectivity index (χ1n) is 9.02. The van der Waals surface area contributed by atoms with Crippen LogP contribution < -0.4 is 10.2 Å². The van der Waals surface area contributed by atoms with Crippen LogP contribution in [0.1, 0.15) is 28.4 Å². The van der Waals surface area contributed by atoms with E-state index in [0.29, 0.717) is 5.56 Å². The molecule has 1 amide bonds. The van der Waals surface area contributed by atoms with Crippen molar-refractivity contribution in [1.29, 1.82) is 0 Å². The molecule has 2 aromatic carbocycles. The van der Waals surface area contributed by atoms with E-state index >= 15 is 0 Å². The van der Waals surface area contributed by atoms with E-state index in [1.54, 1.807) is 0 Å². The van der Waals surface area contributed by atoms with Crippen molar-refractivity contribution >= 4 is 17.3 Å². The number of anilines is 2. The van der Waals surface area contributed by atoms with Crippen molar-refractivity contribution in [2.75, 3.05) is 42.9 Å². The monoisotopic (exact) mass is 337 g/mol. The SMILES string of the molecule is CCN1CCN(c2ccc(NC(=O)c3cc(C)cc(C)c3)cc2)CC1. The standard InChI is InChI=1S/C21H27N3O/c1-4-23-9-11-24(12-10-23)20-7-5-19(6-8-20)22-21(25)18-14-16(2)13-17(3)15-18/h5-8,13-15H,4,9-12H2,1-3H3,(H,22,25). The van der Waals surface area contributed by atoms with Gasteiger partial charge in [0, 0.05) is 43.1 Å². The van der Waals surface area contributed by atoms with Crippen LogP contribution in [0.3, 0.4) is 0 Å². The highest BCUT2D eigenvalue weighted by Crippen LogP contribution is 2.20. The lowest BCUT2D eigenvalue weighted by atomic mass is 10.1. The molecule has 25 heavy (non-hydrogen) atoms. The molecule has 1 fully saturated rings. The molecule has 1 N–H and O–H groups in total. The van der Waals surface area contributed by atoms with Crippen molar-refractivity contribution in [1.82, 2.24) is 4.90 Å². The first-order chi connectivity index (χ1) is 12.0. The van der Waals surface area contributed by atoms with Gasteiger partial charge in [0.15, 0.2) is 0 Å². The largest absolute Gasteiger partial charge is 0.369 e. The molecule has 0 atom stereocenters. The Hall–Kier alpha value is -2.33. The molecule has 2 aromatic rings. The van der Waals surface area contributed by atoms with Crippen LogP contribution in [0.15, 0.2) is 42.5 Å². The number of aryl methyl sites for hydroxylation is 2. The minimum atomic E-state index is -0.0592. The number of carbonyl (C=O) groups excluding carboxylic acids is 1. The molecule has 132 valence electrons. The third-order valence-corrected chi connectivity index (χ3v) is 4.79. The van der Waals surface area contributed by atoms with Crippen molar-refractivity contribution in [3.63, 3.8) is 0 Å². The topological polar surface area (TPSA) is 35.6 Å². The van der Waals surface area contributed by atoms with E-state index in [-0.39, 0.29) is 5.91 Å². The van der Waals surface area contributed by atoms with Gasteiger partial charge in [-0.25, -0.2) is 0 Å². The van der Waals surface area contributed by atoms with E-state index in [0.717, 1.165) is 49.5 Å². The van der Waals surface area contributed by atoms with Gasteiger partial charge in [0.05, 0.1) is 0 Å². The number of likely N-dealkylation sites (N-methyl/N-ethyl adjacent to an activating group) is 1. The Bertz CT molecular complexity index is 711. The summed E-state index contributed by atoms with van der Waals surface area (Å²) in [5.74, 6) is -0.0592. The zero-order valence-electron chi connectivity index (χ0n) is 15.4. The highest BCUT2D eigenvalue weighted by Gasteiger charge is 2.15. The van der Waals surface area contributed by atoms with Gasteiger partial charge in [0.1, 0.15) is 0 Å². The molecule has 0 bridgehead atoms. The molecular formula is C21H27N3O. The van der Waals surface area contributed by atoms with Gasteiger partial charge in [-0.3, -0.25) is 4.79 Å². The molecule has 1 saturated heterocycles. The predicted octanol–water partition coefficient (Wildman–Crippen LogP) is 3.70. The number of hydrogen-bond donors (Lipinski definition) is 1. The third-order valence-electron chi connectivity index (χ3n) is 4.79. The molecule has 1 aliphatic rings. The summed E-state index contributed by atoms with van der Waals surface area (Å²) in [5, 5.41) is 2.99. The Kier molecular flexibility index (Phi) is 5.39. The maximum atomic E-state index is 12.4. The number of nitrogens with zero attached hydrogens (tertiary/aromatic N) is 2. The van der Waals surface area contributed by atoms with Gasteiger partial charge < -0.3 is 15.1 Å². The molecule has 0 aromatic heterocycles. The molecule has 4 nitrogen and oxygen atoms in total. The van der Waals surface area contributed by atoms with Gasteiger partial charge in [0.25, 0.3) is 5.91 Å². The lowest BCUT2D eigenvalue weighted by Crippen LogP contribution is -2.46. The Balaban J connectivity index is 1.63. The van der Waals surface area contributed by atoms with Gasteiger partial charge in [-0.05, 0) is 56.8 Å².